The van der Waals surface area contributed by atoms with Gasteiger partial charge in [0, 0.05) is 18.0 Å². The van der Waals surface area contributed by atoms with Crippen molar-refractivity contribution < 1.29 is 13.2 Å². The molecule has 4 rings (SSSR count). The van der Waals surface area contributed by atoms with Gasteiger partial charge in [0.2, 0.25) is 0 Å². The number of sulfonamides is 1. The second-order valence-corrected chi connectivity index (χ2v) is 9.48. The number of likely N-dealkylation sites (tertiary alicyclic amines) is 1. The van der Waals surface area contributed by atoms with E-state index in [0.29, 0.717) is 6.54 Å². The molecule has 1 saturated heterocycles. The van der Waals surface area contributed by atoms with E-state index in [1.165, 1.54) is 17.7 Å². The van der Waals surface area contributed by atoms with Gasteiger partial charge in [-0.05, 0) is 37.0 Å². The predicted octanol–water partition coefficient (Wildman–Crippen LogP) is 3.79. The first-order valence-corrected chi connectivity index (χ1v) is 11.8. The second-order valence-electron chi connectivity index (χ2n) is 6.94. The van der Waals surface area contributed by atoms with Crippen molar-refractivity contribution in [2.24, 2.45) is 0 Å². The Morgan fingerprint density at radius 1 is 1.10 bits per heavy atom. The van der Waals surface area contributed by atoms with Crippen molar-refractivity contribution in [2.75, 3.05) is 11.3 Å². The summed E-state index contributed by atoms with van der Waals surface area (Å²) in [6.07, 6.45) is 2.73. The first-order valence-electron chi connectivity index (χ1n) is 9.41. The second kappa shape index (κ2) is 8.34. The molecule has 3 aromatic rings. The summed E-state index contributed by atoms with van der Waals surface area (Å²) in [5.74, 6) is -0.148. The third-order valence-electron chi connectivity index (χ3n) is 4.95. The molecule has 1 aliphatic rings. The summed E-state index contributed by atoms with van der Waals surface area (Å²) in [7, 11) is -3.72. The van der Waals surface area contributed by atoms with Crippen LogP contribution in [0.25, 0.3) is 0 Å². The number of hydrogen-bond donors (Lipinski definition) is 1. The van der Waals surface area contributed by atoms with Crippen molar-refractivity contribution >= 4 is 32.4 Å². The number of benzene rings is 2. The lowest BCUT2D eigenvalue weighted by molar-refractivity contribution is 0.0731. The summed E-state index contributed by atoms with van der Waals surface area (Å²) in [6.45, 7) is 0.693. The lowest BCUT2D eigenvalue weighted by Crippen LogP contribution is -2.37. The van der Waals surface area contributed by atoms with Crippen LogP contribution in [0.15, 0.2) is 70.9 Å². The average molecular weight is 428 g/mol. The Hall–Kier alpha value is -2.71. The molecular weight excluding hydrogens is 406 g/mol. The highest BCUT2D eigenvalue weighted by molar-refractivity contribution is 7.93. The van der Waals surface area contributed by atoms with E-state index in [1.807, 2.05) is 23.1 Å². The molecule has 2 heterocycles. The molecule has 2 aromatic carbocycles. The van der Waals surface area contributed by atoms with Crippen LogP contribution in [0, 0.1) is 0 Å². The number of nitrogens with one attached hydrogen (secondary N) is 1. The highest BCUT2D eigenvalue weighted by Crippen LogP contribution is 2.26. The molecule has 0 radical (unpaired) electrons. The van der Waals surface area contributed by atoms with Gasteiger partial charge >= 0.3 is 0 Å². The lowest BCUT2D eigenvalue weighted by atomic mass is 10.0. The first-order chi connectivity index (χ1) is 14.0. The minimum absolute atomic E-state index is 0.135. The normalized spacial score (nSPS) is 16.7. The molecule has 29 heavy (non-hydrogen) atoms. The predicted molar refractivity (Wildman–Crippen MR) is 114 cm³/mol. The molecule has 1 amide bonds. The zero-order valence-corrected chi connectivity index (χ0v) is 17.3. The smallest absolute Gasteiger partial charge is 0.273 e. The largest absolute Gasteiger partial charge is 0.334 e. The van der Waals surface area contributed by atoms with Gasteiger partial charge in [0.25, 0.3) is 15.9 Å². The van der Waals surface area contributed by atoms with Gasteiger partial charge in [0.15, 0.2) is 5.13 Å². The molecule has 0 saturated carbocycles. The van der Waals surface area contributed by atoms with Crippen LogP contribution in [0.4, 0.5) is 5.13 Å². The Morgan fingerprint density at radius 3 is 2.52 bits per heavy atom. The number of thiazole rings is 1. The van der Waals surface area contributed by atoms with Gasteiger partial charge in [0.1, 0.15) is 5.69 Å². The SMILES string of the molecule is O=C(c1csc(NS(=O)(=O)c2ccccc2)n1)N1CCCC1Cc1ccccc1. The fourth-order valence-corrected chi connectivity index (χ4v) is 5.50. The van der Waals surface area contributed by atoms with E-state index in [1.54, 1.807) is 23.6 Å². The summed E-state index contributed by atoms with van der Waals surface area (Å²) in [5.41, 5.74) is 1.48. The van der Waals surface area contributed by atoms with Gasteiger partial charge < -0.3 is 4.90 Å². The fourth-order valence-electron chi connectivity index (χ4n) is 3.54. The van der Waals surface area contributed by atoms with Crippen molar-refractivity contribution in [1.82, 2.24) is 9.88 Å². The number of carbonyl (C=O) groups excluding carboxylic acids is 1. The summed E-state index contributed by atoms with van der Waals surface area (Å²) in [4.78, 5) is 19.2. The highest BCUT2D eigenvalue weighted by atomic mass is 32.2. The third-order valence-corrected chi connectivity index (χ3v) is 7.19. The minimum atomic E-state index is -3.72. The Labute approximate surface area is 174 Å². The van der Waals surface area contributed by atoms with Crippen molar-refractivity contribution in [3.63, 3.8) is 0 Å². The Bertz CT molecular complexity index is 1080. The summed E-state index contributed by atoms with van der Waals surface area (Å²) >= 11 is 1.11. The van der Waals surface area contributed by atoms with E-state index in [-0.39, 0.29) is 27.7 Å². The van der Waals surface area contributed by atoms with Crippen LogP contribution >= 0.6 is 11.3 Å². The topological polar surface area (TPSA) is 79.4 Å². The molecule has 1 atom stereocenters. The number of anilines is 1. The van der Waals surface area contributed by atoms with E-state index in [4.69, 9.17) is 0 Å². The van der Waals surface area contributed by atoms with Gasteiger partial charge in [-0.25, -0.2) is 13.4 Å². The van der Waals surface area contributed by atoms with Crippen molar-refractivity contribution in [3.05, 3.63) is 77.3 Å². The molecule has 0 spiro atoms. The minimum Gasteiger partial charge on any atom is -0.334 e. The number of aromatic nitrogens is 1. The number of rotatable bonds is 6. The molecule has 1 aliphatic heterocycles. The molecular formula is C21H21N3O3S2. The number of hydrogen-bond acceptors (Lipinski definition) is 5. The molecule has 6 nitrogen and oxygen atoms in total. The maximum absolute atomic E-state index is 13.0. The van der Waals surface area contributed by atoms with Crippen molar-refractivity contribution in [3.8, 4) is 0 Å². The van der Waals surface area contributed by atoms with E-state index >= 15 is 0 Å². The van der Waals surface area contributed by atoms with Crippen LogP contribution in [0.5, 0.6) is 0 Å². The van der Waals surface area contributed by atoms with Gasteiger partial charge in [-0.15, -0.1) is 11.3 Å². The van der Waals surface area contributed by atoms with Gasteiger partial charge in [-0.3, -0.25) is 9.52 Å². The first kappa shape index (κ1) is 19.6. The number of amides is 1. The maximum Gasteiger partial charge on any atom is 0.273 e. The van der Waals surface area contributed by atoms with Crippen LogP contribution in [-0.4, -0.2) is 36.8 Å². The Morgan fingerprint density at radius 2 is 1.79 bits per heavy atom. The molecule has 1 fully saturated rings. The van der Waals surface area contributed by atoms with Crippen LogP contribution in [0.3, 0.4) is 0 Å². The molecule has 0 aliphatic carbocycles. The summed E-state index contributed by atoms with van der Waals surface area (Å²) < 4.78 is 27.4. The van der Waals surface area contributed by atoms with E-state index in [2.05, 4.69) is 21.8 Å². The van der Waals surface area contributed by atoms with Crippen molar-refractivity contribution in [1.29, 1.82) is 0 Å². The molecule has 1 unspecified atom stereocenters. The fraction of sp³-hybridized carbons (Fsp3) is 0.238. The average Bonchev–Trinajstić information content (AvgIpc) is 3.38. The summed E-state index contributed by atoms with van der Waals surface area (Å²) in [5, 5.41) is 1.80. The van der Waals surface area contributed by atoms with E-state index in [0.717, 1.165) is 30.6 Å². The lowest BCUT2D eigenvalue weighted by Gasteiger charge is -2.24. The van der Waals surface area contributed by atoms with Crippen LogP contribution in [0.2, 0.25) is 0 Å². The molecule has 0 bridgehead atoms. The van der Waals surface area contributed by atoms with Crippen LogP contribution < -0.4 is 4.72 Å². The van der Waals surface area contributed by atoms with E-state index < -0.39 is 10.0 Å². The van der Waals surface area contributed by atoms with Gasteiger partial charge in [0.05, 0.1) is 4.90 Å². The third kappa shape index (κ3) is 4.49. The molecule has 1 aromatic heterocycles. The quantitative estimate of drug-likeness (QED) is 0.649. The van der Waals surface area contributed by atoms with Gasteiger partial charge in [-0.1, -0.05) is 48.5 Å². The van der Waals surface area contributed by atoms with Gasteiger partial charge in [-0.2, -0.15) is 0 Å². The zero-order valence-electron chi connectivity index (χ0n) is 15.7. The Balaban J connectivity index is 1.47. The van der Waals surface area contributed by atoms with Crippen molar-refractivity contribution in [2.45, 2.75) is 30.2 Å². The Kier molecular flexibility index (Phi) is 5.64. The highest BCUT2D eigenvalue weighted by Gasteiger charge is 2.31. The molecule has 8 heteroatoms. The van der Waals surface area contributed by atoms with Crippen LogP contribution in [0.1, 0.15) is 28.9 Å². The zero-order chi connectivity index (χ0) is 20.3. The molecule has 1 N–H and O–H groups in total. The van der Waals surface area contributed by atoms with E-state index in [9.17, 15) is 13.2 Å². The monoisotopic (exact) mass is 427 g/mol. The maximum atomic E-state index is 13.0. The van der Waals surface area contributed by atoms with Crippen LogP contribution in [-0.2, 0) is 16.4 Å². The summed E-state index contributed by atoms with van der Waals surface area (Å²) in [6, 6.07) is 18.4. The standard InChI is InChI=1S/C21H21N3O3S2/c25-20(24-13-7-10-17(24)14-16-8-3-1-4-9-16)19-15-28-21(22-19)23-29(26,27)18-11-5-2-6-12-18/h1-6,8-9,11-12,15,17H,7,10,13-14H2,(H,22,23). The number of nitrogens with zero attached hydrogens (tertiary/aromatic N) is 2. The number of carbonyl (C=O) groups is 1. The molecule has 150 valence electrons.